The minimum absolute atomic E-state index is 0.110. The smallest absolute Gasteiger partial charge is 0.0962 e. The fourth-order valence-corrected chi connectivity index (χ4v) is 3.22. The highest BCUT2D eigenvalue weighted by Gasteiger charge is 2.21. The molecule has 0 saturated heterocycles. The number of nitrogens with one attached hydrogen (secondary N) is 1. The van der Waals surface area contributed by atoms with Gasteiger partial charge < -0.3 is 10.4 Å². The second-order valence-corrected chi connectivity index (χ2v) is 6.32. The highest BCUT2D eigenvalue weighted by atomic mass is 16.3. The third-order valence-electron chi connectivity index (χ3n) is 4.56. The van der Waals surface area contributed by atoms with E-state index in [1.165, 1.54) is 22.4 Å². The van der Waals surface area contributed by atoms with Gasteiger partial charge in [-0.05, 0) is 62.8 Å². The van der Waals surface area contributed by atoms with Crippen LogP contribution in [0.15, 0.2) is 30.3 Å². The maximum absolute atomic E-state index is 10.2. The van der Waals surface area contributed by atoms with Gasteiger partial charge in [0.25, 0.3) is 0 Å². The van der Waals surface area contributed by atoms with Gasteiger partial charge in [-0.3, -0.25) is 4.98 Å². The van der Waals surface area contributed by atoms with Crippen LogP contribution < -0.4 is 5.32 Å². The highest BCUT2D eigenvalue weighted by Crippen LogP contribution is 2.30. The van der Waals surface area contributed by atoms with Crippen LogP contribution in [0, 0.1) is 13.8 Å². The average Bonchev–Trinajstić information content (AvgIpc) is 2.51. The molecule has 0 fully saturated rings. The van der Waals surface area contributed by atoms with Crippen LogP contribution in [0.25, 0.3) is 0 Å². The monoisotopic (exact) mass is 296 g/mol. The molecule has 2 atom stereocenters. The number of aromatic nitrogens is 1. The molecule has 2 N–H and O–H groups in total. The minimum Gasteiger partial charge on any atom is -0.387 e. The summed E-state index contributed by atoms with van der Waals surface area (Å²) in [6.07, 6.45) is 2.49. The molecule has 2 aromatic rings. The van der Waals surface area contributed by atoms with Crippen LogP contribution >= 0.6 is 0 Å². The molecule has 3 heteroatoms. The normalized spacial score (nSPS) is 18.6. The van der Waals surface area contributed by atoms with E-state index in [1.54, 1.807) is 0 Å². The number of hydrogen-bond acceptors (Lipinski definition) is 3. The molecule has 0 spiro atoms. The summed E-state index contributed by atoms with van der Waals surface area (Å²) in [6.45, 7) is 6.36. The van der Waals surface area contributed by atoms with Crippen molar-refractivity contribution in [3.63, 3.8) is 0 Å². The topological polar surface area (TPSA) is 45.2 Å². The zero-order valence-electron chi connectivity index (χ0n) is 13.6. The molecule has 3 rings (SSSR count). The van der Waals surface area contributed by atoms with Crippen molar-refractivity contribution in [1.29, 1.82) is 0 Å². The van der Waals surface area contributed by atoms with Crippen molar-refractivity contribution in [2.24, 2.45) is 0 Å². The van der Waals surface area contributed by atoms with Crippen LogP contribution in [0.2, 0.25) is 0 Å². The number of benzene rings is 1. The molecule has 22 heavy (non-hydrogen) atoms. The van der Waals surface area contributed by atoms with E-state index in [2.05, 4.69) is 56.4 Å². The largest absolute Gasteiger partial charge is 0.387 e. The van der Waals surface area contributed by atoms with Crippen LogP contribution in [0.1, 0.15) is 60.0 Å². The summed E-state index contributed by atoms with van der Waals surface area (Å²) < 4.78 is 0. The van der Waals surface area contributed by atoms with Crippen molar-refractivity contribution in [1.82, 2.24) is 4.98 Å². The highest BCUT2D eigenvalue weighted by molar-refractivity contribution is 5.57. The summed E-state index contributed by atoms with van der Waals surface area (Å²) >= 11 is 0. The molecule has 116 valence electrons. The molecule has 0 bridgehead atoms. The van der Waals surface area contributed by atoms with Gasteiger partial charge in [0.15, 0.2) is 0 Å². The fourth-order valence-electron chi connectivity index (χ4n) is 3.22. The Bertz CT molecular complexity index is 661. The van der Waals surface area contributed by atoms with E-state index in [0.29, 0.717) is 0 Å². The van der Waals surface area contributed by atoms with E-state index in [9.17, 15) is 5.11 Å². The lowest BCUT2D eigenvalue weighted by Crippen LogP contribution is -2.16. The summed E-state index contributed by atoms with van der Waals surface area (Å²) in [4.78, 5) is 4.74. The van der Waals surface area contributed by atoms with E-state index in [4.69, 9.17) is 4.98 Å². The summed E-state index contributed by atoms with van der Waals surface area (Å²) in [5, 5.41) is 13.7. The molecule has 0 aliphatic heterocycles. The quantitative estimate of drug-likeness (QED) is 0.890. The maximum atomic E-state index is 10.2. The molecule has 0 saturated carbocycles. The molecule has 0 radical (unpaired) electrons. The van der Waals surface area contributed by atoms with E-state index >= 15 is 0 Å². The third-order valence-corrected chi connectivity index (χ3v) is 4.56. The third kappa shape index (κ3) is 2.86. The number of anilines is 1. The summed E-state index contributed by atoms with van der Waals surface area (Å²) in [7, 11) is 0. The van der Waals surface area contributed by atoms with Gasteiger partial charge in [-0.1, -0.05) is 24.3 Å². The minimum atomic E-state index is -0.406. The van der Waals surface area contributed by atoms with E-state index in [0.717, 1.165) is 30.7 Å². The second kappa shape index (κ2) is 6.09. The Morgan fingerprint density at radius 2 is 1.91 bits per heavy atom. The van der Waals surface area contributed by atoms with Gasteiger partial charge in [-0.25, -0.2) is 0 Å². The molecule has 0 amide bonds. The Balaban J connectivity index is 1.86. The van der Waals surface area contributed by atoms with Crippen LogP contribution in [0.4, 0.5) is 5.69 Å². The Labute approximate surface area is 132 Å². The van der Waals surface area contributed by atoms with Gasteiger partial charge >= 0.3 is 0 Å². The van der Waals surface area contributed by atoms with E-state index in [1.807, 2.05) is 0 Å². The first-order valence-corrected chi connectivity index (χ1v) is 8.07. The number of fused-ring (bicyclic) bond motifs is 1. The zero-order chi connectivity index (χ0) is 15.7. The van der Waals surface area contributed by atoms with Crippen LogP contribution in [0.5, 0.6) is 0 Å². The van der Waals surface area contributed by atoms with Gasteiger partial charge in [0.1, 0.15) is 0 Å². The number of aryl methyl sites for hydroxylation is 3. The predicted molar refractivity (Wildman–Crippen MR) is 90.1 cm³/mol. The van der Waals surface area contributed by atoms with Gasteiger partial charge in [0.2, 0.25) is 0 Å². The Kier molecular flexibility index (Phi) is 4.16. The van der Waals surface area contributed by atoms with E-state index < -0.39 is 6.10 Å². The molecular formula is C19H24N2O. The van der Waals surface area contributed by atoms with Gasteiger partial charge in [-0.2, -0.15) is 0 Å². The number of para-hydroxylation sites is 1. The summed E-state index contributed by atoms with van der Waals surface area (Å²) in [5.41, 5.74) is 6.72. The number of hydrogen-bond donors (Lipinski definition) is 2. The Morgan fingerprint density at radius 1 is 1.18 bits per heavy atom. The van der Waals surface area contributed by atoms with Crippen molar-refractivity contribution < 1.29 is 5.11 Å². The average molecular weight is 296 g/mol. The molecule has 1 aliphatic carbocycles. The van der Waals surface area contributed by atoms with Crippen LogP contribution in [0.3, 0.4) is 0 Å². The SMILES string of the molecule is Cc1cccc(C)c1NC(C)c1ccc2c(n1)C(O)CCC2. The van der Waals surface area contributed by atoms with Crippen LogP contribution in [-0.2, 0) is 6.42 Å². The number of nitrogens with zero attached hydrogens (tertiary/aromatic N) is 1. The van der Waals surface area contributed by atoms with Crippen molar-refractivity contribution in [2.45, 2.75) is 52.2 Å². The first-order valence-electron chi connectivity index (χ1n) is 8.07. The first-order chi connectivity index (χ1) is 10.6. The van der Waals surface area contributed by atoms with Crippen molar-refractivity contribution in [3.8, 4) is 0 Å². The molecule has 2 unspecified atom stereocenters. The standard InChI is InChI=1S/C19H24N2O/c1-12-6-4-7-13(2)18(12)20-14(3)16-11-10-15-8-5-9-17(22)19(15)21-16/h4,6-7,10-11,14,17,20,22H,5,8-9H2,1-3H3. The first kappa shape index (κ1) is 15.0. The Hall–Kier alpha value is -1.87. The number of aliphatic hydroxyl groups excluding tert-OH is 1. The molecule has 1 aliphatic rings. The van der Waals surface area contributed by atoms with Crippen LogP contribution in [-0.4, -0.2) is 10.1 Å². The lowest BCUT2D eigenvalue weighted by atomic mass is 9.93. The summed E-state index contributed by atoms with van der Waals surface area (Å²) in [5.74, 6) is 0. The predicted octanol–water partition coefficient (Wildman–Crippen LogP) is 4.24. The molecule has 3 nitrogen and oxygen atoms in total. The number of aliphatic hydroxyl groups is 1. The molecule has 1 heterocycles. The lowest BCUT2D eigenvalue weighted by molar-refractivity contribution is 0.151. The lowest BCUT2D eigenvalue weighted by Gasteiger charge is -2.23. The van der Waals surface area contributed by atoms with Gasteiger partial charge in [0.05, 0.1) is 23.5 Å². The second-order valence-electron chi connectivity index (χ2n) is 6.32. The van der Waals surface area contributed by atoms with E-state index in [-0.39, 0.29) is 6.04 Å². The fraction of sp³-hybridized carbons (Fsp3) is 0.421. The van der Waals surface area contributed by atoms with Crippen molar-refractivity contribution in [3.05, 3.63) is 58.4 Å². The molecular weight excluding hydrogens is 272 g/mol. The number of rotatable bonds is 3. The van der Waals surface area contributed by atoms with Gasteiger partial charge in [0, 0.05) is 5.69 Å². The summed E-state index contributed by atoms with van der Waals surface area (Å²) in [6, 6.07) is 10.6. The molecule has 1 aromatic heterocycles. The van der Waals surface area contributed by atoms with Crippen molar-refractivity contribution >= 4 is 5.69 Å². The molecule has 1 aromatic carbocycles. The Morgan fingerprint density at radius 3 is 2.64 bits per heavy atom. The maximum Gasteiger partial charge on any atom is 0.0962 e. The number of pyridine rings is 1. The van der Waals surface area contributed by atoms with Gasteiger partial charge in [-0.15, -0.1) is 0 Å². The zero-order valence-corrected chi connectivity index (χ0v) is 13.6. The van der Waals surface area contributed by atoms with Crippen molar-refractivity contribution in [2.75, 3.05) is 5.32 Å².